The molecule has 2 aliphatic heterocycles. The van der Waals surface area contributed by atoms with Crippen LogP contribution in [0.25, 0.3) is 11.1 Å². The molecule has 2 aliphatic rings. The molecule has 0 amide bonds. The van der Waals surface area contributed by atoms with Gasteiger partial charge in [0, 0.05) is 23.4 Å². The summed E-state index contributed by atoms with van der Waals surface area (Å²) in [6, 6.07) is 11.0. The number of halogens is 2. The van der Waals surface area contributed by atoms with E-state index in [4.69, 9.17) is 4.74 Å². The Hall–Kier alpha value is -1.59. The maximum absolute atomic E-state index is 14.4. The smallest absolute Gasteiger partial charge is 0.191 e. The minimum Gasteiger partial charge on any atom is -0.483 e. The van der Waals surface area contributed by atoms with Gasteiger partial charge in [0.2, 0.25) is 0 Å². The highest BCUT2D eigenvalue weighted by molar-refractivity contribution is 7.98. The van der Waals surface area contributed by atoms with Crippen LogP contribution in [0.3, 0.4) is 0 Å². The first kappa shape index (κ1) is 15.9. The summed E-state index contributed by atoms with van der Waals surface area (Å²) in [7, 11) is 0. The number of benzene rings is 2. The number of hydrogen-bond donors (Lipinski definition) is 1. The summed E-state index contributed by atoms with van der Waals surface area (Å²) >= 11 is 1.63. The van der Waals surface area contributed by atoms with Gasteiger partial charge in [-0.2, -0.15) is 0 Å². The van der Waals surface area contributed by atoms with Crippen LogP contribution < -0.4 is 10.1 Å². The Labute approximate surface area is 144 Å². The summed E-state index contributed by atoms with van der Waals surface area (Å²) in [5.74, 6) is -1.53. The molecule has 0 saturated carbocycles. The highest BCUT2D eigenvalue weighted by atomic mass is 32.2. The average Bonchev–Trinajstić information content (AvgIpc) is 3.21. The lowest BCUT2D eigenvalue weighted by Gasteiger charge is -2.22. The Morgan fingerprint density at radius 3 is 2.29 bits per heavy atom. The van der Waals surface area contributed by atoms with Crippen molar-refractivity contribution in [3.05, 3.63) is 48.0 Å². The molecule has 24 heavy (non-hydrogen) atoms. The molecule has 126 valence electrons. The number of rotatable bonds is 4. The molecule has 2 aromatic rings. The Morgan fingerprint density at radius 2 is 1.75 bits per heavy atom. The fraction of sp³-hybridized carbons (Fsp3) is 0.368. The second kappa shape index (κ2) is 6.37. The quantitative estimate of drug-likeness (QED) is 0.815. The maximum atomic E-state index is 14.4. The van der Waals surface area contributed by atoms with E-state index in [-0.39, 0.29) is 17.9 Å². The third-order valence-corrected chi connectivity index (χ3v) is 5.68. The molecule has 5 heteroatoms. The number of fused-ring (bicyclic) bond motifs is 2. The molecule has 1 N–H and O–H groups in total. The monoisotopic (exact) mass is 347 g/mol. The highest BCUT2D eigenvalue weighted by Crippen LogP contribution is 2.35. The first-order valence-electron chi connectivity index (χ1n) is 8.20. The molecule has 2 saturated heterocycles. The number of nitrogens with one attached hydrogen (secondary N) is 1. The van der Waals surface area contributed by atoms with Gasteiger partial charge >= 0.3 is 0 Å². The summed E-state index contributed by atoms with van der Waals surface area (Å²) in [6.45, 7) is 0. The van der Waals surface area contributed by atoms with Crippen LogP contribution in [0.2, 0.25) is 0 Å². The van der Waals surface area contributed by atoms with Crippen LogP contribution in [0.1, 0.15) is 19.3 Å². The van der Waals surface area contributed by atoms with Crippen molar-refractivity contribution in [2.45, 2.75) is 42.3 Å². The lowest BCUT2D eigenvalue weighted by Crippen LogP contribution is -2.32. The van der Waals surface area contributed by atoms with E-state index in [9.17, 15) is 8.78 Å². The van der Waals surface area contributed by atoms with Gasteiger partial charge < -0.3 is 10.1 Å². The molecule has 4 rings (SSSR count). The molecule has 0 aromatic heterocycles. The van der Waals surface area contributed by atoms with E-state index in [1.54, 1.807) is 11.8 Å². The van der Waals surface area contributed by atoms with Crippen molar-refractivity contribution in [2.24, 2.45) is 0 Å². The van der Waals surface area contributed by atoms with Gasteiger partial charge in [0.15, 0.2) is 17.4 Å². The van der Waals surface area contributed by atoms with Crippen LogP contribution in [0.15, 0.2) is 41.3 Å². The third-order valence-electron chi connectivity index (χ3n) is 4.93. The molecular weight excluding hydrogens is 328 g/mol. The summed E-state index contributed by atoms with van der Waals surface area (Å²) in [5, 5.41) is 3.41. The summed E-state index contributed by atoms with van der Waals surface area (Å²) in [4.78, 5) is 1.11. The SMILES string of the molecule is CSc1ccc(-c2cc(F)c(OC3CC4CCC3N4)c(F)c2)cc1. The van der Waals surface area contributed by atoms with Gasteiger partial charge in [-0.25, -0.2) is 8.78 Å². The van der Waals surface area contributed by atoms with Gasteiger partial charge in [0.25, 0.3) is 0 Å². The van der Waals surface area contributed by atoms with E-state index in [0.717, 1.165) is 29.7 Å². The summed E-state index contributed by atoms with van der Waals surface area (Å²) in [6.07, 6.45) is 4.81. The van der Waals surface area contributed by atoms with Crippen molar-refractivity contribution < 1.29 is 13.5 Å². The topological polar surface area (TPSA) is 21.3 Å². The van der Waals surface area contributed by atoms with E-state index >= 15 is 0 Å². The standard InChI is InChI=1S/C19H19F2NOS/c1-24-14-5-2-11(3-6-14)12-8-15(20)19(16(21)9-12)23-18-10-13-4-7-17(18)22-13/h2-3,5-6,8-9,13,17-18,22H,4,7,10H2,1H3. The lowest BCUT2D eigenvalue weighted by molar-refractivity contribution is 0.156. The summed E-state index contributed by atoms with van der Waals surface area (Å²) in [5.41, 5.74) is 1.31. The van der Waals surface area contributed by atoms with Gasteiger partial charge in [0.05, 0.1) is 0 Å². The zero-order valence-electron chi connectivity index (χ0n) is 13.4. The second-order valence-corrected chi connectivity index (χ2v) is 7.32. The molecule has 2 heterocycles. The predicted molar refractivity (Wildman–Crippen MR) is 92.6 cm³/mol. The van der Waals surface area contributed by atoms with Crippen LogP contribution in [-0.4, -0.2) is 24.4 Å². The van der Waals surface area contributed by atoms with Crippen molar-refractivity contribution in [1.29, 1.82) is 0 Å². The average molecular weight is 347 g/mol. The predicted octanol–water partition coefficient (Wildman–Crippen LogP) is 4.63. The van der Waals surface area contributed by atoms with Crippen molar-refractivity contribution >= 4 is 11.8 Å². The molecule has 3 atom stereocenters. The Morgan fingerprint density at radius 1 is 1.04 bits per heavy atom. The molecule has 2 nitrogen and oxygen atoms in total. The molecule has 0 radical (unpaired) electrons. The highest BCUT2D eigenvalue weighted by Gasteiger charge is 2.41. The zero-order valence-corrected chi connectivity index (χ0v) is 14.2. The van der Waals surface area contributed by atoms with E-state index < -0.39 is 11.6 Å². The first-order chi connectivity index (χ1) is 11.6. The van der Waals surface area contributed by atoms with Crippen molar-refractivity contribution in [3.8, 4) is 16.9 Å². The summed E-state index contributed by atoms with van der Waals surface area (Å²) < 4.78 is 34.6. The number of hydrogen-bond acceptors (Lipinski definition) is 3. The molecule has 2 aromatic carbocycles. The Balaban J connectivity index is 1.58. The molecule has 0 spiro atoms. The van der Waals surface area contributed by atoms with Gasteiger partial charge in [0.1, 0.15) is 6.10 Å². The fourth-order valence-corrected chi connectivity index (χ4v) is 4.09. The first-order valence-corrected chi connectivity index (χ1v) is 9.42. The molecule has 2 bridgehead atoms. The Bertz CT molecular complexity index is 727. The molecule has 2 fully saturated rings. The van der Waals surface area contributed by atoms with Crippen LogP contribution in [0.5, 0.6) is 5.75 Å². The van der Waals surface area contributed by atoms with Crippen LogP contribution in [0, 0.1) is 11.6 Å². The van der Waals surface area contributed by atoms with Crippen LogP contribution in [-0.2, 0) is 0 Å². The second-order valence-electron chi connectivity index (χ2n) is 6.44. The largest absolute Gasteiger partial charge is 0.483 e. The van der Waals surface area contributed by atoms with E-state index in [2.05, 4.69) is 5.32 Å². The van der Waals surface area contributed by atoms with Crippen LogP contribution in [0.4, 0.5) is 8.78 Å². The Kier molecular flexibility index (Phi) is 4.22. The van der Waals surface area contributed by atoms with Gasteiger partial charge in [-0.3, -0.25) is 0 Å². The van der Waals surface area contributed by atoms with Gasteiger partial charge in [-0.05, 0) is 54.5 Å². The van der Waals surface area contributed by atoms with Gasteiger partial charge in [-0.1, -0.05) is 12.1 Å². The third kappa shape index (κ3) is 2.91. The minimum absolute atomic E-state index is 0.139. The van der Waals surface area contributed by atoms with E-state index in [1.807, 2.05) is 30.5 Å². The fourth-order valence-electron chi connectivity index (χ4n) is 3.68. The van der Waals surface area contributed by atoms with Crippen LogP contribution >= 0.6 is 11.8 Å². The minimum atomic E-state index is -0.637. The van der Waals surface area contributed by atoms with Crippen molar-refractivity contribution in [1.82, 2.24) is 5.32 Å². The molecule has 0 aliphatic carbocycles. The number of thioether (sulfide) groups is 1. The van der Waals surface area contributed by atoms with E-state index in [0.29, 0.717) is 11.6 Å². The normalized spacial score (nSPS) is 25.2. The molecule has 3 unspecified atom stereocenters. The van der Waals surface area contributed by atoms with Crippen molar-refractivity contribution in [3.63, 3.8) is 0 Å². The maximum Gasteiger partial charge on any atom is 0.191 e. The van der Waals surface area contributed by atoms with Gasteiger partial charge in [-0.15, -0.1) is 11.8 Å². The lowest BCUT2D eigenvalue weighted by atomic mass is 9.97. The zero-order chi connectivity index (χ0) is 16.7. The molecular formula is C19H19F2NOS. The van der Waals surface area contributed by atoms with E-state index in [1.165, 1.54) is 12.1 Å². The number of ether oxygens (including phenoxy) is 1. The van der Waals surface area contributed by atoms with Crippen molar-refractivity contribution in [2.75, 3.05) is 6.26 Å².